The SMILES string of the molecule is O=P(O)(O)C1Oc2ccccc2-c2ccccc21. The maximum atomic E-state index is 11.5. The van der Waals surface area contributed by atoms with Crippen LogP contribution < -0.4 is 4.74 Å². The van der Waals surface area contributed by atoms with Gasteiger partial charge in [-0.05, 0) is 11.6 Å². The van der Waals surface area contributed by atoms with E-state index in [0.29, 0.717) is 11.3 Å². The van der Waals surface area contributed by atoms with Gasteiger partial charge in [0.1, 0.15) is 5.75 Å². The van der Waals surface area contributed by atoms with E-state index >= 15 is 0 Å². The zero-order valence-electron chi connectivity index (χ0n) is 9.35. The molecule has 0 radical (unpaired) electrons. The van der Waals surface area contributed by atoms with Gasteiger partial charge in [-0.15, -0.1) is 0 Å². The summed E-state index contributed by atoms with van der Waals surface area (Å²) in [6, 6.07) is 14.4. The average molecular weight is 262 g/mol. The fourth-order valence-corrected chi connectivity index (χ4v) is 3.02. The van der Waals surface area contributed by atoms with Crippen molar-refractivity contribution in [3.63, 3.8) is 0 Å². The Labute approximate surface area is 104 Å². The van der Waals surface area contributed by atoms with Gasteiger partial charge in [0.25, 0.3) is 0 Å². The smallest absolute Gasteiger partial charge is 0.370 e. The quantitative estimate of drug-likeness (QED) is 0.775. The van der Waals surface area contributed by atoms with E-state index in [1.165, 1.54) is 0 Å². The predicted molar refractivity (Wildman–Crippen MR) is 67.3 cm³/mol. The highest BCUT2D eigenvalue weighted by atomic mass is 31.2. The molecule has 4 nitrogen and oxygen atoms in total. The van der Waals surface area contributed by atoms with Crippen molar-refractivity contribution in [3.05, 3.63) is 54.1 Å². The molecule has 0 aliphatic carbocycles. The minimum atomic E-state index is -4.35. The monoisotopic (exact) mass is 262 g/mol. The minimum Gasteiger partial charge on any atom is -0.472 e. The van der Waals surface area contributed by atoms with Gasteiger partial charge in [0.15, 0.2) is 0 Å². The minimum absolute atomic E-state index is 0.504. The Morgan fingerprint density at radius 1 is 0.944 bits per heavy atom. The maximum Gasteiger partial charge on any atom is 0.370 e. The molecular formula is C13H11O4P. The Bertz CT molecular complexity index is 647. The summed E-state index contributed by atoms with van der Waals surface area (Å²) in [7, 11) is -4.35. The third-order valence-electron chi connectivity index (χ3n) is 2.95. The van der Waals surface area contributed by atoms with Gasteiger partial charge >= 0.3 is 7.60 Å². The van der Waals surface area contributed by atoms with Crippen molar-refractivity contribution in [1.82, 2.24) is 0 Å². The van der Waals surface area contributed by atoms with E-state index in [2.05, 4.69) is 0 Å². The normalized spacial score (nSPS) is 17.6. The molecule has 1 unspecified atom stereocenters. The van der Waals surface area contributed by atoms with Gasteiger partial charge in [0.2, 0.25) is 5.85 Å². The van der Waals surface area contributed by atoms with Gasteiger partial charge in [-0.2, -0.15) is 0 Å². The molecule has 1 aliphatic heterocycles. The molecule has 1 atom stereocenters. The van der Waals surface area contributed by atoms with Gasteiger partial charge < -0.3 is 14.5 Å². The lowest BCUT2D eigenvalue weighted by molar-refractivity contribution is 0.224. The highest BCUT2D eigenvalue weighted by Gasteiger charge is 2.38. The Hall–Kier alpha value is -1.61. The van der Waals surface area contributed by atoms with Crippen molar-refractivity contribution in [1.29, 1.82) is 0 Å². The van der Waals surface area contributed by atoms with Crippen molar-refractivity contribution in [2.24, 2.45) is 0 Å². The molecule has 2 N–H and O–H groups in total. The highest BCUT2D eigenvalue weighted by Crippen LogP contribution is 2.57. The zero-order valence-corrected chi connectivity index (χ0v) is 10.2. The average Bonchev–Trinajstić information content (AvgIpc) is 2.37. The van der Waals surface area contributed by atoms with Gasteiger partial charge in [-0.3, -0.25) is 4.57 Å². The number of benzene rings is 2. The molecule has 1 heterocycles. The lowest BCUT2D eigenvalue weighted by Crippen LogP contribution is -2.14. The number of rotatable bonds is 1. The van der Waals surface area contributed by atoms with E-state index in [1.54, 1.807) is 24.3 Å². The van der Waals surface area contributed by atoms with Crippen LogP contribution in [0.5, 0.6) is 5.75 Å². The van der Waals surface area contributed by atoms with E-state index in [1.807, 2.05) is 24.3 Å². The van der Waals surface area contributed by atoms with Crippen molar-refractivity contribution in [2.45, 2.75) is 5.85 Å². The molecule has 2 aromatic carbocycles. The molecule has 3 rings (SSSR count). The van der Waals surface area contributed by atoms with Crippen LogP contribution in [0, 0.1) is 0 Å². The lowest BCUT2D eigenvalue weighted by atomic mass is 9.97. The standard InChI is InChI=1S/C13H11O4P/c14-18(15,16)13-11-7-2-1-5-9(11)10-6-3-4-8-12(10)17-13/h1-8,13H,(H2,14,15,16). The van der Waals surface area contributed by atoms with Crippen molar-refractivity contribution in [2.75, 3.05) is 0 Å². The van der Waals surface area contributed by atoms with Crippen molar-refractivity contribution in [3.8, 4) is 16.9 Å². The van der Waals surface area contributed by atoms with Gasteiger partial charge in [-0.25, -0.2) is 0 Å². The first-order valence-electron chi connectivity index (χ1n) is 5.47. The van der Waals surface area contributed by atoms with Crippen LogP contribution in [0.15, 0.2) is 48.5 Å². The second kappa shape index (κ2) is 3.95. The zero-order chi connectivity index (χ0) is 12.8. The highest BCUT2D eigenvalue weighted by molar-refractivity contribution is 7.52. The lowest BCUT2D eigenvalue weighted by Gasteiger charge is -2.28. The summed E-state index contributed by atoms with van der Waals surface area (Å²) in [5, 5.41) is 0. The molecule has 0 saturated carbocycles. The third kappa shape index (κ3) is 1.75. The summed E-state index contributed by atoms with van der Waals surface area (Å²) in [4.78, 5) is 18.8. The molecule has 5 heteroatoms. The summed E-state index contributed by atoms with van der Waals surface area (Å²) >= 11 is 0. The first-order valence-corrected chi connectivity index (χ1v) is 7.16. The molecule has 2 aromatic rings. The Kier molecular flexibility index (Phi) is 2.52. The first-order chi connectivity index (χ1) is 8.57. The number of hydrogen-bond donors (Lipinski definition) is 2. The van der Waals surface area contributed by atoms with E-state index in [9.17, 15) is 14.4 Å². The summed E-state index contributed by atoms with van der Waals surface area (Å²) in [5.41, 5.74) is 2.20. The van der Waals surface area contributed by atoms with Crippen LogP contribution in [0.3, 0.4) is 0 Å². The van der Waals surface area contributed by atoms with E-state index in [-0.39, 0.29) is 0 Å². The van der Waals surface area contributed by atoms with Gasteiger partial charge in [-0.1, -0.05) is 42.5 Å². The number of para-hydroxylation sites is 1. The van der Waals surface area contributed by atoms with Crippen LogP contribution in [0.25, 0.3) is 11.1 Å². The first kappa shape index (κ1) is 11.5. The van der Waals surface area contributed by atoms with Gasteiger partial charge in [0.05, 0.1) is 0 Å². The van der Waals surface area contributed by atoms with Gasteiger partial charge in [0, 0.05) is 11.1 Å². The molecule has 0 bridgehead atoms. The molecule has 0 amide bonds. The Morgan fingerprint density at radius 2 is 1.56 bits per heavy atom. The third-order valence-corrected chi connectivity index (χ3v) is 3.94. The molecule has 0 fully saturated rings. The molecular weight excluding hydrogens is 251 g/mol. The van der Waals surface area contributed by atoms with Crippen LogP contribution in [0.1, 0.15) is 11.4 Å². The fraction of sp³-hybridized carbons (Fsp3) is 0.0769. The van der Waals surface area contributed by atoms with Crippen molar-refractivity contribution < 1.29 is 19.1 Å². The van der Waals surface area contributed by atoms with Crippen LogP contribution in [0.2, 0.25) is 0 Å². The Morgan fingerprint density at radius 3 is 2.28 bits per heavy atom. The maximum absolute atomic E-state index is 11.5. The largest absolute Gasteiger partial charge is 0.472 e. The summed E-state index contributed by atoms with van der Waals surface area (Å²) in [6.07, 6.45) is 0. The van der Waals surface area contributed by atoms with Crippen LogP contribution in [0.4, 0.5) is 0 Å². The molecule has 0 aromatic heterocycles. The number of ether oxygens (including phenoxy) is 1. The van der Waals surface area contributed by atoms with Crippen LogP contribution in [-0.2, 0) is 4.57 Å². The number of hydrogen-bond acceptors (Lipinski definition) is 2. The number of fused-ring (bicyclic) bond motifs is 3. The summed E-state index contributed by atoms with van der Waals surface area (Å²) in [5.74, 6) is -0.715. The van der Waals surface area contributed by atoms with E-state index < -0.39 is 13.4 Å². The van der Waals surface area contributed by atoms with Crippen LogP contribution in [-0.4, -0.2) is 9.79 Å². The fourth-order valence-electron chi connectivity index (χ4n) is 2.18. The molecule has 92 valence electrons. The summed E-state index contributed by atoms with van der Waals surface area (Å²) in [6.45, 7) is 0. The molecule has 18 heavy (non-hydrogen) atoms. The van der Waals surface area contributed by atoms with Crippen LogP contribution >= 0.6 is 7.60 Å². The molecule has 0 saturated heterocycles. The molecule has 0 spiro atoms. The van der Waals surface area contributed by atoms with Crippen molar-refractivity contribution >= 4 is 7.60 Å². The second-order valence-corrected chi connectivity index (χ2v) is 5.79. The van der Waals surface area contributed by atoms with E-state index in [0.717, 1.165) is 11.1 Å². The Balaban J connectivity index is 2.26. The second-order valence-electron chi connectivity index (χ2n) is 4.14. The topological polar surface area (TPSA) is 66.8 Å². The molecule has 1 aliphatic rings. The summed E-state index contributed by atoms with van der Waals surface area (Å²) < 4.78 is 17.0. The van der Waals surface area contributed by atoms with E-state index in [4.69, 9.17) is 4.74 Å². The predicted octanol–water partition coefficient (Wildman–Crippen LogP) is 2.92.